The minimum atomic E-state index is -0.142. The van der Waals surface area contributed by atoms with Crippen molar-refractivity contribution in [2.75, 3.05) is 6.54 Å². The van der Waals surface area contributed by atoms with Crippen LogP contribution in [-0.4, -0.2) is 22.3 Å². The quantitative estimate of drug-likeness (QED) is 0.787. The van der Waals surface area contributed by atoms with E-state index in [1.54, 1.807) is 6.20 Å². The highest BCUT2D eigenvalue weighted by Crippen LogP contribution is 2.59. The fourth-order valence-electron chi connectivity index (χ4n) is 4.72. The van der Waals surface area contributed by atoms with E-state index >= 15 is 0 Å². The van der Waals surface area contributed by atoms with E-state index in [1.165, 1.54) is 24.0 Å². The van der Waals surface area contributed by atoms with Crippen molar-refractivity contribution in [2.24, 2.45) is 11.3 Å². The van der Waals surface area contributed by atoms with Crippen LogP contribution in [0.25, 0.3) is 0 Å². The fourth-order valence-corrected chi connectivity index (χ4v) is 5.01. The van der Waals surface area contributed by atoms with E-state index in [1.807, 2.05) is 6.20 Å². The van der Waals surface area contributed by atoms with Crippen molar-refractivity contribution < 1.29 is 4.79 Å². The van der Waals surface area contributed by atoms with Gasteiger partial charge in [-0.3, -0.25) is 9.78 Å². The average molecular weight is 305 g/mol. The maximum atomic E-state index is 13.1. The molecular weight excluding hydrogens is 284 g/mol. The molecule has 1 saturated heterocycles. The minimum Gasteiger partial charge on any atom is -0.334 e. The molecule has 0 radical (unpaired) electrons. The van der Waals surface area contributed by atoms with Gasteiger partial charge in [-0.15, -0.1) is 0 Å². The number of halogens is 1. The number of amides is 1. The summed E-state index contributed by atoms with van der Waals surface area (Å²) in [6, 6.07) is 0.214. The van der Waals surface area contributed by atoms with Crippen LogP contribution in [-0.2, 0) is 4.79 Å². The fraction of sp³-hybridized carbons (Fsp3) is 0.647. The van der Waals surface area contributed by atoms with Crippen LogP contribution in [0.3, 0.4) is 0 Å². The molecule has 3 atom stereocenters. The van der Waals surface area contributed by atoms with Crippen LogP contribution in [0.2, 0.25) is 5.02 Å². The first-order chi connectivity index (χ1) is 10.0. The van der Waals surface area contributed by atoms with Crippen molar-refractivity contribution in [1.82, 2.24) is 9.88 Å². The highest BCUT2D eigenvalue weighted by molar-refractivity contribution is 6.31. The Labute approximate surface area is 130 Å². The maximum absolute atomic E-state index is 13.1. The van der Waals surface area contributed by atoms with Gasteiger partial charge in [-0.1, -0.05) is 38.3 Å². The zero-order chi connectivity index (χ0) is 14.8. The van der Waals surface area contributed by atoms with Crippen LogP contribution in [0.1, 0.15) is 62.6 Å². The van der Waals surface area contributed by atoms with E-state index < -0.39 is 0 Å². The summed E-state index contributed by atoms with van der Waals surface area (Å²) < 4.78 is 0. The molecule has 1 aromatic rings. The Morgan fingerprint density at radius 1 is 1.38 bits per heavy atom. The highest BCUT2D eigenvalue weighted by Gasteiger charge is 2.55. The standard InChI is InChI=1S/C17H21ClN2O/c1-10-9-20(16(21)17(2)5-3-4-6-17)15-11-7-19-8-12(18)14(11)13(10)15/h7-8,10,13,15H,3-6,9H2,1-2H3/t10-,13?,15+/m0/s1. The maximum Gasteiger partial charge on any atom is 0.229 e. The van der Waals surface area contributed by atoms with Gasteiger partial charge in [-0.05, 0) is 29.9 Å². The van der Waals surface area contributed by atoms with Gasteiger partial charge in [0.1, 0.15) is 0 Å². The predicted octanol–water partition coefficient (Wildman–Crippen LogP) is 3.93. The molecule has 0 bridgehead atoms. The number of pyridine rings is 1. The molecule has 2 aliphatic carbocycles. The highest BCUT2D eigenvalue weighted by atomic mass is 35.5. The molecule has 1 saturated carbocycles. The Morgan fingerprint density at radius 2 is 2.10 bits per heavy atom. The number of fused-ring (bicyclic) bond motifs is 4. The molecule has 0 spiro atoms. The van der Waals surface area contributed by atoms with Crippen molar-refractivity contribution in [2.45, 2.75) is 51.5 Å². The third-order valence-electron chi connectivity index (χ3n) is 5.88. The van der Waals surface area contributed by atoms with Crippen molar-refractivity contribution in [3.8, 4) is 0 Å². The van der Waals surface area contributed by atoms with Crippen molar-refractivity contribution in [3.63, 3.8) is 0 Å². The van der Waals surface area contributed by atoms with Gasteiger partial charge in [0.2, 0.25) is 5.91 Å². The average Bonchev–Trinajstić information content (AvgIpc) is 2.97. The number of rotatable bonds is 1. The lowest BCUT2D eigenvalue weighted by atomic mass is 9.70. The van der Waals surface area contributed by atoms with Gasteiger partial charge in [-0.2, -0.15) is 0 Å². The Balaban J connectivity index is 1.69. The molecule has 3 aliphatic rings. The molecule has 1 amide bonds. The molecule has 2 fully saturated rings. The summed E-state index contributed by atoms with van der Waals surface area (Å²) in [4.78, 5) is 19.4. The number of aromatic nitrogens is 1. The lowest BCUT2D eigenvalue weighted by molar-refractivity contribution is -0.142. The zero-order valence-corrected chi connectivity index (χ0v) is 13.4. The summed E-state index contributed by atoms with van der Waals surface area (Å²) in [6.07, 6.45) is 8.07. The molecule has 0 N–H and O–H groups in total. The second-order valence-corrected chi connectivity index (χ2v) is 7.70. The van der Waals surface area contributed by atoms with Crippen LogP contribution < -0.4 is 0 Å². The zero-order valence-electron chi connectivity index (χ0n) is 12.6. The summed E-state index contributed by atoms with van der Waals surface area (Å²) >= 11 is 6.31. The molecule has 3 nitrogen and oxygen atoms in total. The molecule has 112 valence electrons. The Morgan fingerprint density at radius 3 is 2.81 bits per heavy atom. The van der Waals surface area contributed by atoms with Gasteiger partial charge < -0.3 is 4.90 Å². The Hall–Kier alpha value is -1.09. The molecule has 4 heteroatoms. The molecule has 2 heterocycles. The third kappa shape index (κ3) is 1.73. The molecule has 1 aliphatic heterocycles. The Kier molecular flexibility index (Phi) is 2.88. The molecular formula is C17H21ClN2O. The van der Waals surface area contributed by atoms with Crippen LogP contribution in [0.5, 0.6) is 0 Å². The van der Waals surface area contributed by atoms with Crippen LogP contribution in [0.15, 0.2) is 12.4 Å². The smallest absolute Gasteiger partial charge is 0.229 e. The lowest BCUT2D eigenvalue weighted by Gasteiger charge is -2.42. The first-order valence-electron chi connectivity index (χ1n) is 7.97. The number of carbonyl (C=O) groups is 1. The van der Waals surface area contributed by atoms with E-state index in [0.29, 0.717) is 17.7 Å². The molecule has 4 rings (SSSR count). The number of hydrogen-bond donors (Lipinski definition) is 0. The van der Waals surface area contributed by atoms with E-state index in [0.717, 1.165) is 24.4 Å². The van der Waals surface area contributed by atoms with Gasteiger partial charge in [0.05, 0.1) is 11.1 Å². The van der Waals surface area contributed by atoms with Crippen LogP contribution >= 0.6 is 11.6 Å². The minimum absolute atomic E-state index is 0.142. The lowest BCUT2D eigenvalue weighted by Crippen LogP contribution is -2.43. The van der Waals surface area contributed by atoms with Gasteiger partial charge in [-0.25, -0.2) is 0 Å². The normalized spacial score (nSPS) is 32.5. The molecule has 0 aromatic carbocycles. The summed E-state index contributed by atoms with van der Waals surface area (Å²) in [7, 11) is 0. The predicted molar refractivity (Wildman–Crippen MR) is 82.2 cm³/mol. The van der Waals surface area contributed by atoms with Crippen LogP contribution in [0.4, 0.5) is 0 Å². The molecule has 21 heavy (non-hydrogen) atoms. The van der Waals surface area contributed by atoms with E-state index in [9.17, 15) is 4.79 Å². The molecule has 1 unspecified atom stereocenters. The number of hydrogen-bond acceptors (Lipinski definition) is 2. The van der Waals surface area contributed by atoms with Crippen molar-refractivity contribution in [1.29, 1.82) is 0 Å². The van der Waals surface area contributed by atoms with Gasteiger partial charge in [0.15, 0.2) is 0 Å². The topological polar surface area (TPSA) is 33.2 Å². The monoisotopic (exact) mass is 304 g/mol. The van der Waals surface area contributed by atoms with Gasteiger partial charge in [0, 0.05) is 30.3 Å². The first-order valence-corrected chi connectivity index (χ1v) is 8.35. The van der Waals surface area contributed by atoms with Gasteiger partial charge >= 0.3 is 0 Å². The summed E-state index contributed by atoms with van der Waals surface area (Å²) in [6.45, 7) is 5.24. The summed E-state index contributed by atoms with van der Waals surface area (Å²) in [5, 5.41) is 0.766. The summed E-state index contributed by atoms with van der Waals surface area (Å²) in [5.41, 5.74) is 2.26. The van der Waals surface area contributed by atoms with Crippen molar-refractivity contribution in [3.05, 3.63) is 28.5 Å². The second-order valence-electron chi connectivity index (χ2n) is 7.30. The third-order valence-corrected chi connectivity index (χ3v) is 6.18. The van der Waals surface area contributed by atoms with Gasteiger partial charge in [0.25, 0.3) is 0 Å². The van der Waals surface area contributed by atoms with E-state index in [-0.39, 0.29) is 11.5 Å². The van der Waals surface area contributed by atoms with E-state index in [4.69, 9.17) is 11.6 Å². The SMILES string of the molecule is C[C@H]1CN(C(=O)C2(C)CCCC2)[C@@H]2c3cncc(Cl)c3C21. The number of carbonyl (C=O) groups excluding carboxylic acids is 1. The molecule has 1 aromatic heterocycles. The number of nitrogens with zero attached hydrogens (tertiary/aromatic N) is 2. The van der Waals surface area contributed by atoms with Crippen molar-refractivity contribution >= 4 is 17.5 Å². The second kappa shape index (κ2) is 4.45. The summed E-state index contributed by atoms with van der Waals surface area (Å²) in [5.74, 6) is 1.24. The largest absolute Gasteiger partial charge is 0.334 e. The number of likely N-dealkylation sites (tertiary alicyclic amines) is 1. The van der Waals surface area contributed by atoms with E-state index in [2.05, 4.69) is 23.7 Å². The Bertz CT molecular complexity index is 609. The first kappa shape index (κ1) is 13.6. The van der Waals surface area contributed by atoms with Crippen LogP contribution in [0, 0.1) is 11.3 Å².